The van der Waals surface area contributed by atoms with Gasteiger partial charge in [0.25, 0.3) is 0 Å². The monoisotopic (exact) mass is 398 g/mol. The van der Waals surface area contributed by atoms with Gasteiger partial charge in [-0.15, -0.1) is 0 Å². The number of aryl methyl sites for hydroxylation is 3. The minimum Gasteiger partial charge on any atom is -0.349 e. The van der Waals surface area contributed by atoms with Crippen LogP contribution in [0.2, 0.25) is 5.02 Å². The summed E-state index contributed by atoms with van der Waals surface area (Å²) in [5, 5.41) is 4.06. The Morgan fingerprint density at radius 3 is 2.64 bits per heavy atom. The van der Waals surface area contributed by atoms with Crippen LogP contribution in [-0.2, 0) is 11.3 Å². The van der Waals surface area contributed by atoms with E-state index in [4.69, 9.17) is 11.6 Å². The Morgan fingerprint density at radius 1 is 1.18 bits per heavy atom. The first-order chi connectivity index (χ1) is 13.3. The highest BCUT2D eigenvalue weighted by atomic mass is 35.5. The van der Waals surface area contributed by atoms with Crippen LogP contribution >= 0.6 is 11.6 Å². The molecule has 1 heterocycles. The van der Waals surface area contributed by atoms with Gasteiger partial charge in [-0.2, -0.15) is 0 Å². The molecule has 1 fully saturated rings. The lowest BCUT2D eigenvalue weighted by molar-refractivity contribution is -0.127. The van der Waals surface area contributed by atoms with Crippen molar-refractivity contribution in [3.63, 3.8) is 0 Å². The summed E-state index contributed by atoms with van der Waals surface area (Å²) in [6.45, 7) is 11.1. The van der Waals surface area contributed by atoms with Gasteiger partial charge in [-0.25, -0.2) is 0 Å². The van der Waals surface area contributed by atoms with E-state index in [2.05, 4.69) is 56.1 Å². The predicted octanol–water partition coefficient (Wildman–Crippen LogP) is 5.35. The summed E-state index contributed by atoms with van der Waals surface area (Å²) in [7, 11) is 0. The van der Waals surface area contributed by atoms with Crippen LogP contribution in [0, 0.1) is 26.7 Å². The van der Waals surface area contributed by atoms with Crippen LogP contribution < -0.4 is 5.32 Å². The van der Waals surface area contributed by atoms with E-state index in [0.29, 0.717) is 0 Å². The Hall–Kier alpha value is -1.84. The van der Waals surface area contributed by atoms with Crippen LogP contribution in [0.25, 0.3) is 0 Å². The molecule has 1 aliphatic rings. The van der Waals surface area contributed by atoms with Gasteiger partial charge in [0.1, 0.15) is 0 Å². The standard InChI is InChI=1S/C24H31ClN2O/c1-16-12-18(3)22(13-17(16)2)19(4)26-24(28)21-9-7-11-27(15-21)14-20-8-5-6-10-23(20)25/h5-6,8,10,12-13,19,21H,7,9,11,14-15H2,1-4H3,(H,26,28)/t19-,21-/m0/s1. The number of rotatable bonds is 5. The van der Waals surface area contributed by atoms with Crippen LogP contribution in [0.1, 0.15) is 53.6 Å². The van der Waals surface area contributed by atoms with Crippen molar-refractivity contribution in [1.29, 1.82) is 0 Å². The molecule has 0 aliphatic carbocycles. The molecule has 2 aromatic carbocycles. The van der Waals surface area contributed by atoms with Gasteiger partial charge in [0.05, 0.1) is 12.0 Å². The molecule has 0 aromatic heterocycles. The smallest absolute Gasteiger partial charge is 0.224 e. The molecule has 1 amide bonds. The molecule has 2 atom stereocenters. The second-order valence-corrected chi connectivity index (χ2v) is 8.60. The quantitative estimate of drug-likeness (QED) is 0.735. The Bertz CT molecular complexity index is 848. The maximum Gasteiger partial charge on any atom is 0.224 e. The number of amides is 1. The Kier molecular flexibility index (Phi) is 6.79. The molecule has 150 valence electrons. The number of hydrogen-bond donors (Lipinski definition) is 1. The Morgan fingerprint density at radius 2 is 1.89 bits per heavy atom. The van der Waals surface area contributed by atoms with E-state index in [0.717, 1.165) is 43.1 Å². The van der Waals surface area contributed by atoms with Crippen LogP contribution in [-0.4, -0.2) is 23.9 Å². The number of nitrogens with one attached hydrogen (secondary N) is 1. The summed E-state index contributed by atoms with van der Waals surface area (Å²) in [4.78, 5) is 15.3. The van der Waals surface area contributed by atoms with E-state index in [9.17, 15) is 4.79 Å². The zero-order chi connectivity index (χ0) is 20.3. The van der Waals surface area contributed by atoms with Crippen molar-refractivity contribution in [3.8, 4) is 0 Å². The molecular weight excluding hydrogens is 368 g/mol. The van der Waals surface area contributed by atoms with Crippen molar-refractivity contribution < 1.29 is 4.79 Å². The third kappa shape index (κ3) is 4.95. The molecular formula is C24H31ClN2O. The molecule has 0 unspecified atom stereocenters. The molecule has 0 radical (unpaired) electrons. The van der Waals surface area contributed by atoms with Crippen molar-refractivity contribution in [2.45, 2.75) is 53.1 Å². The molecule has 0 spiro atoms. The first kappa shape index (κ1) is 20.9. The van der Waals surface area contributed by atoms with Gasteiger partial charge in [-0.1, -0.05) is 41.9 Å². The number of benzene rings is 2. The highest BCUT2D eigenvalue weighted by Crippen LogP contribution is 2.25. The number of carbonyl (C=O) groups is 1. The second-order valence-electron chi connectivity index (χ2n) is 8.19. The molecule has 0 saturated carbocycles. The average molecular weight is 399 g/mol. The third-order valence-electron chi connectivity index (χ3n) is 5.94. The summed E-state index contributed by atoms with van der Waals surface area (Å²) in [5.41, 5.74) is 6.14. The van der Waals surface area contributed by atoms with E-state index in [1.165, 1.54) is 22.3 Å². The molecule has 3 nitrogen and oxygen atoms in total. The van der Waals surface area contributed by atoms with Gasteiger partial charge < -0.3 is 5.32 Å². The van der Waals surface area contributed by atoms with Crippen molar-refractivity contribution in [2.24, 2.45) is 5.92 Å². The third-order valence-corrected chi connectivity index (χ3v) is 6.30. The van der Waals surface area contributed by atoms with E-state index in [-0.39, 0.29) is 17.9 Å². The van der Waals surface area contributed by atoms with Gasteiger partial charge >= 0.3 is 0 Å². The first-order valence-electron chi connectivity index (χ1n) is 10.2. The minimum atomic E-state index is 0.0192. The van der Waals surface area contributed by atoms with Gasteiger partial charge in [0.2, 0.25) is 5.91 Å². The molecule has 4 heteroatoms. The van der Waals surface area contributed by atoms with Gasteiger partial charge in [0.15, 0.2) is 0 Å². The number of halogens is 1. The fraction of sp³-hybridized carbons (Fsp3) is 0.458. The Labute approximate surface area is 174 Å². The summed E-state index contributed by atoms with van der Waals surface area (Å²) >= 11 is 6.31. The van der Waals surface area contributed by atoms with E-state index in [1.54, 1.807) is 0 Å². The van der Waals surface area contributed by atoms with Gasteiger partial charge in [-0.3, -0.25) is 9.69 Å². The topological polar surface area (TPSA) is 32.3 Å². The fourth-order valence-corrected chi connectivity index (χ4v) is 4.33. The maximum absolute atomic E-state index is 12.9. The fourth-order valence-electron chi connectivity index (χ4n) is 4.14. The van der Waals surface area contributed by atoms with Crippen molar-refractivity contribution in [2.75, 3.05) is 13.1 Å². The summed E-state index contributed by atoms with van der Waals surface area (Å²) < 4.78 is 0. The second kappa shape index (κ2) is 9.11. The van der Waals surface area contributed by atoms with Gasteiger partial charge in [0, 0.05) is 18.1 Å². The zero-order valence-electron chi connectivity index (χ0n) is 17.4. The normalized spacial score (nSPS) is 18.7. The number of carbonyl (C=O) groups excluding carboxylic acids is 1. The molecule has 2 aromatic rings. The number of piperidine rings is 1. The van der Waals surface area contributed by atoms with Crippen molar-refractivity contribution in [1.82, 2.24) is 10.2 Å². The molecule has 0 bridgehead atoms. The van der Waals surface area contributed by atoms with Crippen LogP contribution in [0.15, 0.2) is 36.4 Å². The SMILES string of the molecule is Cc1cc(C)c([C@H](C)NC(=O)[C@H]2CCCN(Cc3ccccc3Cl)C2)cc1C. The van der Waals surface area contributed by atoms with Crippen LogP contribution in [0.4, 0.5) is 0 Å². The number of likely N-dealkylation sites (tertiary alicyclic amines) is 1. The number of nitrogens with zero attached hydrogens (tertiary/aromatic N) is 1. The van der Waals surface area contributed by atoms with Crippen LogP contribution in [0.3, 0.4) is 0 Å². The Balaban J connectivity index is 1.62. The van der Waals surface area contributed by atoms with Crippen LogP contribution in [0.5, 0.6) is 0 Å². The highest BCUT2D eigenvalue weighted by Gasteiger charge is 2.27. The lowest BCUT2D eigenvalue weighted by Gasteiger charge is -2.33. The molecule has 1 aliphatic heterocycles. The lowest BCUT2D eigenvalue weighted by Crippen LogP contribution is -2.43. The lowest BCUT2D eigenvalue weighted by atomic mass is 9.94. The summed E-state index contributed by atoms with van der Waals surface area (Å²) in [6.07, 6.45) is 1.99. The average Bonchev–Trinajstić information content (AvgIpc) is 2.66. The molecule has 1 saturated heterocycles. The molecule has 28 heavy (non-hydrogen) atoms. The molecule has 3 rings (SSSR count). The molecule has 1 N–H and O–H groups in total. The van der Waals surface area contributed by atoms with Crippen molar-refractivity contribution >= 4 is 17.5 Å². The minimum absolute atomic E-state index is 0.0192. The van der Waals surface area contributed by atoms with Gasteiger partial charge in [-0.05, 0) is 81.0 Å². The summed E-state index contributed by atoms with van der Waals surface area (Å²) in [5.74, 6) is 0.194. The largest absolute Gasteiger partial charge is 0.349 e. The summed E-state index contributed by atoms with van der Waals surface area (Å²) in [6, 6.07) is 12.4. The zero-order valence-corrected chi connectivity index (χ0v) is 18.1. The predicted molar refractivity (Wildman–Crippen MR) is 117 cm³/mol. The van der Waals surface area contributed by atoms with Crippen molar-refractivity contribution in [3.05, 3.63) is 69.2 Å². The van der Waals surface area contributed by atoms with E-state index >= 15 is 0 Å². The number of hydrogen-bond acceptors (Lipinski definition) is 2. The van der Waals surface area contributed by atoms with E-state index in [1.807, 2.05) is 18.2 Å². The van der Waals surface area contributed by atoms with E-state index < -0.39 is 0 Å². The highest BCUT2D eigenvalue weighted by molar-refractivity contribution is 6.31. The first-order valence-corrected chi connectivity index (χ1v) is 10.6. The maximum atomic E-state index is 12.9.